The van der Waals surface area contributed by atoms with Gasteiger partial charge in [0, 0.05) is 30.4 Å². The second-order valence-electron chi connectivity index (χ2n) is 8.62. The molecule has 0 spiro atoms. The van der Waals surface area contributed by atoms with Gasteiger partial charge in [-0.05, 0) is 67.4 Å². The zero-order valence-corrected chi connectivity index (χ0v) is 19.3. The molecule has 174 valence electrons. The number of nitrogens with one attached hydrogen (secondary N) is 1. The molecule has 3 heterocycles. The molecule has 0 amide bonds. The number of nitrogens with zero attached hydrogens (tertiary/aromatic N) is 3. The number of rotatable bonds is 5. The van der Waals surface area contributed by atoms with Crippen molar-refractivity contribution in [1.29, 1.82) is 0 Å². The van der Waals surface area contributed by atoms with Gasteiger partial charge in [0.05, 0.1) is 23.5 Å². The molecule has 0 atom stereocenters. The number of fused-ring (bicyclic) bond motifs is 2. The Morgan fingerprint density at radius 1 is 0.914 bits per heavy atom. The molecule has 6 rings (SSSR count). The van der Waals surface area contributed by atoms with Crippen molar-refractivity contribution < 1.29 is 9.15 Å². The summed E-state index contributed by atoms with van der Waals surface area (Å²) in [6.45, 7) is 1.96. The van der Waals surface area contributed by atoms with Crippen molar-refractivity contribution in [3.8, 4) is 17.1 Å². The summed E-state index contributed by atoms with van der Waals surface area (Å²) in [6, 6.07) is 22.4. The van der Waals surface area contributed by atoms with Crippen LogP contribution in [-0.2, 0) is 0 Å². The molecule has 1 saturated heterocycles. The fourth-order valence-corrected chi connectivity index (χ4v) is 4.48. The normalized spacial score (nSPS) is 13.5. The SMILES string of the molecule is COc1ccc2oc(-c3ccc(Nc4nc5ccccc5nc4N4CCCC4)cc3)cc(=O)c2c1. The highest BCUT2D eigenvalue weighted by molar-refractivity contribution is 5.83. The lowest BCUT2D eigenvalue weighted by Crippen LogP contribution is -2.21. The Balaban J connectivity index is 1.32. The van der Waals surface area contributed by atoms with E-state index in [-0.39, 0.29) is 5.43 Å². The number of para-hydroxylation sites is 2. The Kier molecular flexibility index (Phi) is 5.29. The van der Waals surface area contributed by atoms with Crippen LogP contribution in [0.2, 0.25) is 0 Å². The van der Waals surface area contributed by atoms with Crippen molar-refractivity contribution in [3.05, 3.63) is 83.0 Å². The topological polar surface area (TPSA) is 80.5 Å². The lowest BCUT2D eigenvalue weighted by molar-refractivity contribution is 0.415. The van der Waals surface area contributed by atoms with Crippen LogP contribution in [0.1, 0.15) is 12.8 Å². The summed E-state index contributed by atoms with van der Waals surface area (Å²) in [5.41, 5.74) is 3.85. The summed E-state index contributed by atoms with van der Waals surface area (Å²) < 4.78 is 11.2. The second-order valence-corrected chi connectivity index (χ2v) is 8.62. The van der Waals surface area contributed by atoms with Crippen LogP contribution in [0.25, 0.3) is 33.3 Å². The first-order valence-electron chi connectivity index (χ1n) is 11.7. The van der Waals surface area contributed by atoms with E-state index in [9.17, 15) is 4.79 Å². The van der Waals surface area contributed by atoms with Crippen molar-refractivity contribution in [2.75, 3.05) is 30.4 Å². The zero-order chi connectivity index (χ0) is 23.8. The maximum atomic E-state index is 12.7. The maximum absolute atomic E-state index is 12.7. The third-order valence-corrected chi connectivity index (χ3v) is 6.32. The summed E-state index contributed by atoms with van der Waals surface area (Å²) in [7, 11) is 1.57. The molecule has 1 aliphatic heterocycles. The van der Waals surface area contributed by atoms with E-state index in [0.717, 1.165) is 59.9 Å². The highest BCUT2D eigenvalue weighted by atomic mass is 16.5. The minimum absolute atomic E-state index is 0.107. The van der Waals surface area contributed by atoms with Crippen LogP contribution in [0.4, 0.5) is 17.3 Å². The molecule has 0 bridgehead atoms. The average molecular weight is 465 g/mol. The molecule has 35 heavy (non-hydrogen) atoms. The average Bonchev–Trinajstić information content (AvgIpc) is 3.43. The quantitative estimate of drug-likeness (QED) is 0.354. The summed E-state index contributed by atoms with van der Waals surface area (Å²) in [6.07, 6.45) is 2.32. The van der Waals surface area contributed by atoms with E-state index in [1.807, 2.05) is 48.5 Å². The van der Waals surface area contributed by atoms with Crippen LogP contribution in [0, 0.1) is 0 Å². The van der Waals surface area contributed by atoms with E-state index in [1.165, 1.54) is 6.07 Å². The van der Waals surface area contributed by atoms with Crippen LogP contribution in [0.3, 0.4) is 0 Å². The number of hydrogen-bond donors (Lipinski definition) is 1. The van der Waals surface area contributed by atoms with Gasteiger partial charge in [0.1, 0.15) is 17.1 Å². The van der Waals surface area contributed by atoms with Gasteiger partial charge in [0.2, 0.25) is 0 Å². The Morgan fingerprint density at radius 2 is 1.66 bits per heavy atom. The van der Waals surface area contributed by atoms with Crippen molar-refractivity contribution in [1.82, 2.24) is 9.97 Å². The minimum Gasteiger partial charge on any atom is -0.497 e. The van der Waals surface area contributed by atoms with E-state index in [0.29, 0.717) is 22.5 Å². The number of benzene rings is 3. The maximum Gasteiger partial charge on any atom is 0.193 e. The van der Waals surface area contributed by atoms with Crippen LogP contribution >= 0.6 is 0 Å². The highest BCUT2D eigenvalue weighted by Gasteiger charge is 2.19. The largest absolute Gasteiger partial charge is 0.497 e. The fourth-order valence-electron chi connectivity index (χ4n) is 4.48. The van der Waals surface area contributed by atoms with Gasteiger partial charge in [0.15, 0.2) is 17.1 Å². The predicted octanol–water partition coefficient (Wildman–Crippen LogP) is 5.76. The van der Waals surface area contributed by atoms with Crippen molar-refractivity contribution in [2.24, 2.45) is 0 Å². The molecule has 0 aliphatic carbocycles. The number of hydrogen-bond acceptors (Lipinski definition) is 7. The first-order valence-corrected chi connectivity index (χ1v) is 11.7. The predicted molar refractivity (Wildman–Crippen MR) is 139 cm³/mol. The van der Waals surface area contributed by atoms with E-state index >= 15 is 0 Å². The number of anilines is 3. The molecule has 1 N–H and O–H groups in total. The molecule has 5 aromatic rings. The molecule has 3 aromatic carbocycles. The van der Waals surface area contributed by atoms with Crippen molar-refractivity contribution in [2.45, 2.75) is 12.8 Å². The summed E-state index contributed by atoms with van der Waals surface area (Å²) >= 11 is 0. The number of methoxy groups -OCH3 is 1. The van der Waals surface area contributed by atoms with E-state index in [4.69, 9.17) is 19.1 Å². The Labute approximate surface area is 202 Å². The van der Waals surface area contributed by atoms with E-state index < -0.39 is 0 Å². The fraction of sp³-hybridized carbons (Fsp3) is 0.179. The third-order valence-electron chi connectivity index (χ3n) is 6.32. The van der Waals surface area contributed by atoms with Crippen LogP contribution in [0.5, 0.6) is 5.75 Å². The van der Waals surface area contributed by atoms with Gasteiger partial charge >= 0.3 is 0 Å². The zero-order valence-electron chi connectivity index (χ0n) is 19.3. The van der Waals surface area contributed by atoms with Gasteiger partial charge < -0.3 is 19.4 Å². The molecule has 0 saturated carbocycles. The van der Waals surface area contributed by atoms with Gasteiger partial charge in [-0.15, -0.1) is 0 Å². The Bertz CT molecular complexity index is 1590. The van der Waals surface area contributed by atoms with Gasteiger partial charge in [0.25, 0.3) is 0 Å². The van der Waals surface area contributed by atoms with E-state index in [1.54, 1.807) is 25.3 Å². The van der Waals surface area contributed by atoms with Gasteiger partial charge in [-0.3, -0.25) is 4.79 Å². The summed E-state index contributed by atoms with van der Waals surface area (Å²) in [5.74, 6) is 2.76. The molecule has 0 radical (unpaired) electrons. The third kappa shape index (κ3) is 4.05. The molecule has 1 aliphatic rings. The monoisotopic (exact) mass is 464 g/mol. The second kappa shape index (κ2) is 8.76. The molecular formula is C28H24N4O3. The molecule has 7 nitrogen and oxygen atoms in total. The summed E-state index contributed by atoms with van der Waals surface area (Å²) in [4.78, 5) is 24.7. The minimum atomic E-state index is -0.107. The standard InChI is InChI=1S/C28H24N4O3/c1-34-20-12-13-25-21(16-20)24(33)17-26(35-25)18-8-10-19(11-9-18)29-27-28(32-14-4-5-15-32)31-23-7-3-2-6-22(23)30-27/h2-3,6-13,16-17H,4-5,14-15H2,1H3,(H,29,30). The smallest absolute Gasteiger partial charge is 0.193 e. The summed E-state index contributed by atoms with van der Waals surface area (Å²) in [5, 5.41) is 3.95. The van der Waals surface area contributed by atoms with Gasteiger partial charge in [-0.25, -0.2) is 9.97 Å². The molecule has 1 fully saturated rings. The molecule has 0 unspecified atom stereocenters. The highest BCUT2D eigenvalue weighted by Crippen LogP contribution is 2.31. The number of ether oxygens (including phenoxy) is 1. The lowest BCUT2D eigenvalue weighted by atomic mass is 10.1. The van der Waals surface area contributed by atoms with Gasteiger partial charge in [-0.2, -0.15) is 0 Å². The molecule has 2 aromatic heterocycles. The van der Waals surface area contributed by atoms with Crippen molar-refractivity contribution >= 4 is 39.3 Å². The van der Waals surface area contributed by atoms with E-state index in [2.05, 4.69) is 10.2 Å². The van der Waals surface area contributed by atoms with Crippen molar-refractivity contribution in [3.63, 3.8) is 0 Å². The van der Waals surface area contributed by atoms with Crippen LogP contribution in [-0.4, -0.2) is 30.2 Å². The Morgan fingerprint density at radius 3 is 2.40 bits per heavy atom. The lowest BCUT2D eigenvalue weighted by Gasteiger charge is -2.20. The molecule has 7 heteroatoms. The first kappa shape index (κ1) is 21.2. The van der Waals surface area contributed by atoms with Crippen LogP contribution < -0.4 is 20.4 Å². The van der Waals surface area contributed by atoms with Gasteiger partial charge in [-0.1, -0.05) is 12.1 Å². The molecular weight excluding hydrogens is 440 g/mol. The first-order chi connectivity index (χ1) is 17.2. The number of aromatic nitrogens is 2. The Hall–Kier alpha value is -4.39. The van der Waals surface area contributed by atoms with Crippen LogP contribution in [0.15, 0.2) is 82.0 Å².